The summed E-state index contributed by atoms with van der Waals surface area (Å²) in [5.74, 6) is 0. The molecule has 1 N–H and O–H groups in total. The molecule has 0 aromatic carbocycles. The third kappa shape index (κ3) is 2.58. The first-order chi connectivity index (χ1) is 9.28. The molecule has 2 nitrogen and oxygen atoms in total. The highest BCUT2D eigenvalue weighted by Crippen LogP contribution is 2.55. The Labute approximate surface area is 122 Å². The van der Waals surface area contributed by atoms with Crippen LogP contribution in [0.2, 0.25) is 0 Å². The second-order valence-electron chi connectivity index (χ2n) is 6.71. The van der Waals surface area contributed by atoms with Gasteiger partial charge in [0.25, 0.3) is 0 Å². The minimum atomic E-state index is 0.507. The molecule has 1 spiro atoms. The third-order valence-corrected chi connectivity index (χ3v) is 6.94. The number of rotatable bonds is 5. The van der Waals surface area contributed by atoms with Crippen molar-refractivity contribution in [2.45, 2.75) is 81.7 Å². The summed E-state index contributed by atoms with van der Waals surface area (Å²) >= 11 is 2.06. The molecule has 110 valence electrons. The molecule has 0 aromatic heterocycles. The molecule has 3 heteroatoms. The van der Waals surface area contributed by atoms with Crippen LogP contribution in [0.4, 0.5) is 0 Å². The maximum absolute atomic E-state index is 6.01. The van der Waals surface area contributed by atoms with Gasteiger partial charge in [0.2, 0.25) is 0 Å². The monoisotopic (exact) mass is 283 g/mol. The first-order valence-electron chi connectivity index (χ1n) is 8.19. The van der Waals surface area contributed by atoms with Crippen molar-refractivity contribution in [1.29, 1.82) is 0 Å². The van der Waals surface area contributed by atoms with E-state index in [0.29, 0.717) is 11.5 Å². The van der Waals surface area contributed by atoms with Crippen LogP contribution in [0.1, 0.15) is 58.3 Å². The van der Waals surface area contributed by atoms with E-state index in [2.05, 4.69) is 30.3 Å². The maximum atomic E-state index is 6.01. The van der Waals surface area contributed by atoms with Crippen molar-refractivity contribution in [2.75, 3.05) is 12.9 Å². The minimum absolute atomic E-state index is 0.507. The lowest BCUT2D eigenvalue weighted by molar-refractivity contribution is -0.132. The Hall–Kier alpha value is 0.270. The van der Waals surface area contributed by atoms with Gasteiger partial charge in [-0.3, -0.25) is 0 Å². The van der Waals surface area contributed by atoms with Gasteiger partial charge in [-0.2, -0.15) is 11.8 Å². The van der Waals surface area contributed by atoms with Gasteiger partial charge < -0.3 is 10.1 Å². The fourth-order valence-corrected chi connectivity index (χ4v) is 5.51. The molecular formula is C16H29NOS. The van der Waals surface area contributed by atoms with E-state index in [0.717, 1.165) is 23.9 Å². The predicted octanol–water partition coefficient (Wildman–Crippen LogP) is 3.60. The Morgan fingerprint density at radius 1 is 1.21 bits per heavy atom. The molecule has 3 aliphatic rings. The van der Waals surface area contributed by atoms with Gasteiger partial charge in [-0.05, 0) is 51.7 Å². The maximum Gasteiger partial charge on any atom is 0.0661 e. The van der Waals surface area contributed by atoms with Crippen molar-refractivity contribution in [2.24, 2.45) is 5.41 Å². The zero-order valence-corrected chi connectivity index (χ0v) is 13.3. The Balaban J connectivity index is 1.57. The van der Waals surface area contributed by atoms with Gasteiger partial charge in [0.1, 0.15) is 0 Å². The molecule has 19 heavy (non-hydrogen) atoms. The fraction of sp³-hybridized carbons (Fsp3) is 1.00. The van der Waals surface area contributed by atoms with Gasteiger partial charge in [-0.1, -0.05) is 12.8 Å². The standard InChI is InChI=1S/C16H29NOS/c1-3-18-15-11-14(16(15)8-4-5-9-16)17-12-6-7-13(10-12)19-2/h12-15,17H,3-11H2,1-2H3. The number of hydrogen-bond acceptors (Lipinski definition) is 3. The molecule has 4 unspecified atom stereocenters. The number of hydrogen-bond donors (Lipinski definition) is 1. The predicted molar refractivity (Wildman–Crippen MR) is 82.8 cm³/mol. The van der Waals surface area contributed by atoms with Crippen LogP contribution in [0.25, 0.3) is 0 Å². The van der Waals surface area contributed by atoms with E-state index in [1.807, 2.05) is 0 Å². The SMILES string of the molecule is CCOC1CC(NC2CCC(SC)C2)C12CCCC2. The van der Waals surface area contributed by atoms with Gasteiger partial charge in [0.05, 0.1) is 6.10 Å². The Morgan fingerprint density at radius 3 is 2.63 bits per heavy atom. The van der Waals surface area contributed by atoms with Crippen LogP contribution in [0.15, 0.2) is 0 Å². The van der Waals surface area contributed by atoms with E-state index < -0.39 is 0 Å². The summed E-state index contributed by atoms with van der Waals surface area (Å²) in [5.41, 5.74) is 0.507. The summed E-state index contributed by atoms with van der Waals surface area (Å²) < 4.78 is 6.01. The summed E-state index contributed by atoms with van der Waals surface area (Å²) in [5, 5.41) is 4.91. The molecule has 4 atom stereocenters. The molecule has 0 radical (unpaired) electrons. The van der Waals surface area contributed by atoms with E-state index in [1.165, 1.54) is 51.4 Å². The van der Waals surface area contributed by atoms with Crippen molar-refractivity contribution >= 4 is 11.8 Å². The molecule has 0 saturated heterocycles. The van der Waals surface area contributed by atoms with Crippen molar-refractivity contribution < 1.29 is 4.74 Å². The van der Waals surface area contributed by atoms with Gasteiger partial charge in [-0.15, -0.1) is 0 Å². The first kappa shape index (κ1) is 14.2. The summed E-state index contributed by atoms with van der Waals surface area (Å²) in [6, 6.07) is 1.53. The van der Waals surface area contributed by atoms with Crippen molar-refractivity contribution in [3.63, 3.8) is 0 Å². The van der Waals surface area contributed by atoms with Gasteiger partial charge in [0.15, 0.2) is 0 Å². The minimum Gasteiger partial charge on any atom is -0.378 e. The molecule has 0 heterocycles. The number of thioether (sulfide) groups is 1. The lowest BCUT2D eigenvalue weighted by Gasteiger charge is -2.55. The Bertz CT molecular complexity index is 303. The number of ether oxygens (including phenoxy) is 1. The summed E-state index contributed by atoms with van der Waals surface area (Å²) in [6.07, 6.45) is 13.9. The molecule has 0 aromatic rings. The first-order valence-corrected chi connectivity index (χ1v) is 9.47. The van der Waals surface area contributed by atoms with Gasteiger partial charge in [-0.25, -0.2) is 0 Å². The lowest BCUT2D eigenvalue weighted by atomic mass is 9.60. The summed E-state index contributed by atoms with van der Waals surface area (Å²) in [7, 11) is 0. The van der Waals surface area contributed by atoms with Crippen LogP contribution in [0, 0.1) is 5.41 Å². The molecule has 0 amide bonds. The smallest absolute Gasteiger partial charge is 0.0661 e. The van der Waals surface area contributed by atoms with E-state index in [1.54, 1.807) is 0 Å². The van der Waals surface area contributed by atoms with Crippen LogP contribution in [0.3, 0.4) is 0 Å². The highest BCUT2D eigenvalue weighted by atomic mass is 32.2. The molecule has 0 aliphatic heterocycles. The van der Waals surface area contributed by atoms with Crippen LogP contribution < -0.4 is 5.32 Å². The van der Waals surface area contributed by atoms with E-state index >= 15 is 0 Å². The van der Waals surface area contributed by atoms with Crippen LogP contribution in [0.5, 0.6) is 0 Å². The van der Waals surface area contributed by atoms with Crippen LogP contribution >= 0.6 is 11.8 Å². The van der Waals surface area contributed by atoms with E-state index in [-0.39, 0.29) is 0 Å². The Morgan fingerprint density at radius 2 is 2.00 bits per heavy atom. The average molecular weight is 283 g/mol. The molecule has 3 aliphatic carbocycles. The van der Waals surface area contributed by atoms with Gasteiger partial charge in [0, 0.05) is 29.4 Å². The topological polar surface area (TPSA) is 21.3 Å². The van der Waals surface area contributed by atoms with Crippen LogP contribution in [-0.2, 0) is 4.74 Å². The number of nitrogens with one attached hydrogen (secondary N) is 1. The molecule has 3 saturated carbocycles. The normalized spacial score (nSPS) is 40.7. The molecule has 0 bridgehead atoms. The average Bonchev–Trinajstić information content (AvgIpc) is 3.08. The second-order valence-corrected chi connectivity index (χ2v) is 7.84. The largest absolute Gasteiger partial charge is 0.378 e. The van der Waals surface area contributed by atoms with Gasteiger partial charge >= 0.3 is 0 Å². The van der Waals surface area contributed by atoms with E-state index in [9.17, 15) is 0 Å². The molecule has 3 rings (SSSR count). The van der Waals surface area contributed by atoms with Crippen molar-refractivity contribution in [3.05, 3.63) is 0 Å². The zero-order valence-electron chi connectivity index (χ0n) is 12.5. The third-order valence-electron chi connectivity index (χ3n) is 5.84. The second kappa shape index (κ2) is 5.95. The zero-order chi connectivity index (χ0) is 13.3. The molecular weight excluding hydrogens is 254 g/mol. The summed E-state index contributed by atoms with van der Waals surface area (Å²) in [4.78, 5) is 0. The molecule has 3 fully saturated rings. The lowest BCUT2D eigenvalue weighted by Crippen LogP contribution is -2.64. The highest BCUT2D eigenvalue weighted by molar-refractivity contribution is 7.99. The van der Waals surface area contributed by atoms with Crippen molar-refractivity contribution in [3.8, 4) is 0 Å². The fourth-order valence-electron chi connectivity index (χ4n) is 4.71. The quantitative estimate of drug-likeness (QED) is 0.833. The van der Waals surface area contributed by atoms with E-state index in [4.69, 9.17) is 4.74 Å². The highest BCUT2D eigenvalue weighted by Gasteiger charge is 2.56. The van der Waals surface area contributed by atoms with Crippen molar-refractivity contribution in [1.82, 2.24) is 5.32 Å². The summed E-state index contributed by atoms with van der Waals surface area (Å²) in [6.45, 7) is 3.03. The Kier molecular flexibility index (Phi) is 4.45. The van der Waals surface area contributed by atoms with Crippen LogP contribution in [-0.4, -0.2) is 36.3 Å².